The number of benzene rings is 1. The van der Waals surface area contributed by atoms with Gasteiger partial charge < -0.3 is 0 Å². The monoisotopic (exact) mass is 296 g/mol. The lowest BCUT2D eigenvalue weighted by Crippen LogP contribution is -2.28. The van der Waals surface area contributed by atoms with Gasteiger partial charge in [0.15, 0.2) is 0 Å². The van der Waals surface area contributed by atoms with Crippen LogP contribution in [0.5, 0.6) is 0 Å². The number of aromatic nitrogens is 2. The Hall–Kier alpha value is -2.26. The predicted molar refractivity (Wildman–Crippen MR) is 72.3 cm³/mol. The first kappa shape index (κ1) is 14.2. The molecule has 0 aliphatic carbocycles. The third-order valence-electron chi connectivity index (χ3n) is 2.67. The van der Waals surface area contributed by atoms with Crippen molar-refractivity contribution in [3.8, 4) is 11.3 Å². The topological polar surface area (TPSA) is 98.3 Å². The van der Waals surface area contributed by atoms with E-state index in [2.05, 4.69) is 4.98 Å². The second-order valence-electron chi connectivity index (χ2n) is 4.17. The maximum absolute atomic E-state index is 12.1. The summed E-state index contributed by atoms with van der Waals surface area (Å²) in [6.45, 7) is 0. The summed E-state index contributed by atoms with van der Waals surface area (Å²) in [6, 6.07) is 5.72. The van der Waals surface area contributed by atoms with Crippen molar-refractivity contribution >= 4 is 15.9 Å². The Kier molecular flexibility index (Phi) is 3.55. The standard InChI is InChI=1S/C11H12N4O4S/c1-13(2)20(18,19)14-8-12-7-11(14)9-4-3-5-10(6-9)15(16)17/h3-8H,1-2H3. The molecule has 106 valence electrons. The molecule has 0 amide bonds. The zero-order valence-electron chi connectivity index (χ0n) is 10.8. The summed E-state index contributed by atoms with van der Waals surface area (Å²) in [6.07, 6.45) is 2.50. The van der Waals surface area contributed by atoms with E-state index in [0.29, 0.717) is 5.56 Å². The molecule has 0 unspecified atom stereocenters. The highest BCUT2D eigenvalue weighted by molar-refractivity contribution is 7.87. The van der Waals surface area contributed by atoms with E-state index in [1.807, 2.05) is 0 Å². The van der Waals surface area contributed by atoms with Crippen LogP contribution in [0, 0.1) is 10.1 Å². The molecule has 0 fully saturated rings. The van der Waals surface area contributed by atoms with Gasteiger partial charge in [0.25, 0.3) is 5.69 Å². The molecular formula is C11H12N4O4S. The van der Waals surface area contributed by atoms with Crippen molar-refractivity contribution in [1.82, 2.24) is 13.3 Å². The molecule has 20 heavy (non-hydrogen) atoms. The van der Waals surface area contributed by atoms with Gasteiger partial charge in [-0.1, -0.05) is 12.1 Å². The van der Waals surface area contributed by atoms with E-state index in [9.17, 15) is 18.5 Å². The van der Waals surface area contributed by atoms with Gasteiger partial charge in [0, 0.05) is 31.8 Å². The third kappa shape index (κ3) is 2.40. The van der Waals surface area contributed by atoms with Crippen LogP contribution in [0.3, 0.4) is 0 Å². The Morgan fingerprint density at radius 1 is 1.35 bits per heavy atom. The first-order valence-corrected chi connectivity index (χ1v) is 6.94. The number of imidazole rings is 1. The number of nitro benzene ring substituents is 1. The van der Waals surface area contributed by atoms with Crippen LogP contribution in [0.25, 0.3) is 11.3 Å². The second kappa shape index (κ2) is 5.02. The van der Waals surface area contributed by atoms with Crippen LogP contribution in [0.4, 0.5) is 5.69 Å². The highest BCUT2D eigenvalue weighted by Gasteiger charge is 2.21. The van der Waals surface area contributed by atoms with Gasteiger partial charge in [0.1, 0.15) is 6.33 Å². The Balaban J connectivity index is 2.59. The lowest BCUT2D eigenvalue weighted by atomic mass is 10.1. The van der Waals surface area contributed by atoms with E-state index < -0.39 is 15.1 Å². The molecule has 1 aromatic carbocycles. The van der Waals surface area contributed by atoms with Gasteiger partial charge in [0.2, 0.25) is 0 Å². The molecule has 0 bridgehead atoms. The maximum atomic E-state index is 12.1. The van der Waals surface area contributed by atoms with Crippen LogP contribution >= 0.6 is 0 Å². The molecule has 0 saturated carbocycles. The predicted octanol–water partition coefficient (Wildman–Crippen LogP) is 1.11. The quantitative estimate of drug-likeness (QED) is 0.621. The molecule has 1 heterocycles. The van der Waals surface area contributed by atoms with E-state index in [4.69, 9.17) is 0 Å². The zero-order chi connectivity index (χ0) is 14.9. The molecule has 0 radical (unpaired) electrons. The first-order chi connectivity index (χ1) is 9.34. The first-order valence-electron chi connectivity index (χ1n) is 5.54. The number of non-ortho nitro benzene ring substituents is 1. The lowest BCUT2D eigenvalue weighted by Gasteiger charge is -2.14. The van der Waals surface area contributed by atoms with Crippen LogP contribution in [0.1, 0.15) is 0 Å². The largest absolute Gasteiger partial charge is 0.308 e. The molecule has 1 aromatic heterocycles. The average molecular weight is 296 g/mol. The van der Waals surface area contributed by atoms with Crippen molar-refractivity contribution in [2.45, 2.75) is 0 Å². The lowest BCUT2D eigenvalue weighted by molar-refractivity contribution is -0.384. The number of nitro groups is 1. The van der Waals surface area contributed by atoms with Crippen molar-refractivity contribution in [2.24, 2.45) is 0 Å². The minimum absolute atomic E-state index is 0.113. The van der Waals surface area contributed by atoms with Gasteiger partial charge in [-0.2, -0.15) is 12.7 Å². The van der Waals surface area contributed by atoms with Crippen molar-refractivity contribution < 1.29 is 13.3 Å². The molecule has 0 aliphatic rings. The molecule has 8 nitrogen and oxygen atoms in total. The van der Waals surface area contributed by atoms with Gasteiger partial charge >= 0.3 is 10.2 Å². The van der Waals surface area contributed by atoms with Crippen molar-refractivity contribution in [2.75, 3.05) is 14.1 Å². The van der Waals surface area contributed by atoms with Crippen LogP contribution in [-0.2, 0) is 10.2 Å². The molecule has 9 heteroatoms. The second-order valence-corrected chi connectivity index (χ2v) is 6.19. The van der Waals surface area contributed by atoms with Crippen molar-refractivity contribution in [3.63, 3.8) is 0 Å². The number of rotatable bonds is 4. The highest BCUT2D eigenvalue weighted by atomic mass is 32.2. The van der Waals surface area contributed by atoms with Crippen LogP contribution < -0.4 is 0 Å². The summed E-state index contributed by atoms with van der Waals surface area (Å²) >= 11 is 0. The molecule has 2 rings (SSSR count). The molecule has 2 aromatic rings. The summed E-state index contributed by atoms with van der Waals surface area (Å²) in [4.78, 5) is 14.0. The molecule has 0 atom stereocenters. The van der Waals surface area contributed by atoms with Gasteiger partial charge in [-0.25, -0.2) is 8.96 Å². The van der Waals surface area contributed by atoms with Crippen molar-refractivity contribution in [1.29, 1.82) is 0 Å². The Labute approximate surface area is 115 Å². The maximum Gasteiger partial charge on any atom is 0.308 e. The SMILES string of the molecule is CN(C)S(=O)(=O)n1cncc1-c1cccc([N+](=O)[O-])c1. The van der Waals surface area contributed by atoms with Gasteiger partial charge in [-0.15, -0.1) is 0 Å². The number of hydrogen-bond acceptors (Lipinski definition) is 5. The summed E-state index contributed by atoms with van der Waals surface area (Å²) in [5.41, 5.74) is 0.557. The van der Waals surface area contributed by atoms with Gasteiger partial charge in [-0.05, 0) is 0 Å². The Bertz CT molecular complexity index is 751. The summed E-state index contributed by atoms with van der Waals surface area (Å²) in [5, 5.41) is 10.8. The van der Waals surface area contributed by atoms with Crippen molar-refractivity contribution in [3.05, 3.63) is 46.9 Å². The molecular weight excluding hydrogens is 284 g/mol. The van der Waals surface area contributed by atoms with E-state index in [1.165, 1.54) is 38.5 Å². The molecule has 0 saturated heterocycles. The Morgan fingerprint density at radius 3 is 2.65 bits per heavy atom. The zero-order valence-corrected chi connectivity index (χ0v) is 11.6. The minimum Gasteiger partial charge on any atom is -0.258 e. The number of nitrogens with zero attached hydrogens (tertiary/aromatic N) is 4. The third-order valence-corrected chi connectivity index (χ3v) is 4.38. The van der Waals surface area contributed by atoms with E-state index in [-0.39, 0.29) is 11.4 Å². The normalized spacial score (nSPS) is 11.8. The minimum atomic E-state index is -3.73. The average Bonchev–Trinajstić information content (AvgIpc) is 2.88. The van der Waals surface area contributed by atoms with Crippen LogP contribution in [-0.4, -0.2) is 40.7 Å². The molecule has 0 aliphatic heterocycles. The van der Waals surface area contributed by atoms with Crippen LogP contribution in [0.15, 0.2) is 36.8 Å². The fraction of sp³-hybridized carbons (Fsp3) is 0.182. The highest BCUT2D eigenvalue weighted by Crippen LogP contribution is 2.25. The fourth-order valence-electron chi connectivity index (χ4n) is 1.62. The fourth-order valence-corrected chi connectivity index (χ4v) is 2.55. The summed E-state index contributed by atoms with van der Waals surface area (Å²) in [7, 11) is -0.937. The number of hydrogen-bond donors (Lipinski definition) is 0. The van der Waals surface area contributed by atoms with Crippen LogP contribution in [0.2, 0.25) is 0 Å². The Morgan fingerprint density at radius 2 is 2.05 bits per heavy atom. The van der Waals surface area contributed by atoms with Gasteiger partial charge in [-0.3, -0.25) is 10.1 Å². The molecule has 0 spiro atoms. The summed E-state index contributed by atoms with van der Waals surface area (Å²) < 4.78 is 26.3. The van der Waals surface area contributed by atoms with E-state index in [0.717, 1.165) is 14.6 Å². The van der Waals surface area contributed by atoms with Gasteiger partial charge in [0.05, 0.1) is 16.8 Å². The van der Waals surface area contributed by atoms with E-state index >= 15 is 0 Å². The summed E-state index contributed by atoms with van der Waals surface area (Å²) in [5.74, 6) is 0. The smallest absolute Gasteiger partial charge is 0.258 e. The van der Waals surface area contributed by atoms with E-state index in [1.54, 1.807) is 6.07 Å². The molecule has 0 N–H and O–H groups in total.